The highest BCUT2D eigenvalue weighted by atomic mass is 35.5. The molecule has 4 aromatic rings. The Labute approximate surface area is 202 Å². The number of aryl methyl sites for hydroxylation is 2. The number of carbonyl (C=O) groups excluding carboxylic acids is 1. The molecule has 2 aromatic heterocycles. The first kappa shape index (κ1) is 21.9. The predicted molar refractivity (Wildman–Crippen MR) is 134 cm³/mol. The summed E-state index contributed by atoms with van der Waals surface area (Å²) in [5, 5.41) is 9.44. The molecule has 33 heavy (non-hydrogen) atoms. The molecule has 5 rings (SSSR count). The number of piperidine rings is 1. The molecule has 1 fully saturated rings. The Bertz CT molecular complexity index is 1300. The van der Waals surface area contributed by atoms with Crippen molar-refractivity contribution in [3.05, 3.63) is 70.4 Å². The molecule has 0 spiro atoms. The Balaban J connectivity index is 1.32. The predicted octanol–water partition coefficient (Wildman–Crippen LogP) is 5.29. The number of carbonyl (C=O) groups is 1. The third-order valence-electron chi connectivity index (χ3n) is 6.06. The number of benzene rings is 2. The number of rotatable bonds is 5. The number of amides is 1. The fraction of sp³-hybridized carbons (Fsp3) is 0.320. The molecule has 1 saturated heterocycles. The zero-order chi connectivity index (χ0) is 22.9. The number of aromatic nitrogens is 3. The SMILES string of the molecule is Cc1cccc(CNC(=O)[C@H]2CCCN(c3nc4c(s3)c(C)nn4-c3ccc(Cl)cc3)C2)c1. The van der Waals surface area contributed by atoms with Gasteiger partial charge in [0.2, 0.25) is 5.91 Å². The molecule has 8 heteroatoms. The average Bonchev–Trinajstić information content (AvgIpc) is 3.39. The van der Waals surface area contributed by atoms with Crippen LogP contribution < -0.4 is 10.2 Å². The van der Waals surface area contributed by atoms with Crippen LogP contribution in [-0.4, -0.2) is 33.8 Å². The molecule has 0 bridgehead atoms. The number of hydrogen-bond donors (Lipinski definition) is 1. The molecule has 1 atom stereocenters. The van der Waals surface area contributed by atoms with Crippen LogP contribution >= 0.6 is 22.9 Å². The van der Waals surface area contributed by atoms with Gasteiger partial charge in [0.1, 0.15) is 0 Å². The smallest absolute Gasteiger partial charge is 0.225 e. The van der Waals surface area contributed by atoms with E-state index in [2.05, 4.69) is 34.4 Å². The number of fused-ring (bicyclic) bond motifs is 1. The minimum Gasteiger partial charge on any atom is -0.352 e. The van der Waals surface area contributed by atoms with Crippen molar-refractivity contribution in [3.8, 4) is 5.69 Å². The van der Waals surface area contributed by atoms with Gasteiger partial charge in [0.25, 0.3) is 0 Å². The zero-order valence-corrected chi connectivity index (χ0v) is 20.3. The first-order valence-electron chi connectivity index (χ1n) is 11.2. The molecule has 0 radical (unpaired) electrons. The van der Waals surface area contributed by atoms with Crippen LogP contribution in [0.3, 0.4) is 0 Å². The number of thiazole rings is 1. The van der Waals surface area contributed by atoms with E-state index >= 15 is 0 Å². The normalized spacial score (nSPS) is 16.3. The molecule has 1 aliphatic heterocycles. The van der Waals surface area contributed by atoms with Crippen molar-refractivity contribution in [1.82, 2.24) is 20.1 Å². The van der Waals surface area contributed by atoms with E-state index in [4.69, 9.17) is 16.6 Å². The summed E-state index contributed by atoms with van der Waals surface area (Å²) in [6.45, 7) is 6.23. The lowest BCUT2D eigenvalue weighted by atomic mass is 9.97. The Morgan fingerprint density at radius 3 is 2.82 bits per heavy atom. The molecule has 1 N–H and O–H groups in total. The van der Waals surface area contributed by atoms with Crippen LogP contribution in [-0.2, 0) is 11.3 Å². The highest BCUT2D eigenvalue weighted by molar-refractivity contribution is 7.22. The Morgan fingerprint density at radius 2 is 2.03 bits per heavy atom. The first-order valence-corrected chi connectivity index (χ1v) is 12.4. The summed E-state index contributed by atoms with van der Waals surface area (Å²) in [6.07, 6.45) is 1.87. The molecular formula is C25H26ClN5OS. The van der Waals surface area contributed by atoms with Gasteiger partial charge in [-0.2, -0.15) is 10.1 Å². The van der Waals surface area contributed by atoms with Gasteiger partial charge in [0.05, 0.1) is 22.0 Å². The van der Waals surface area contributed by atoms with E-state index in [1.54, 1.807) is 11.3 Å². The maximum atomic E-state index is 12.9. The van der Waals surface area contributed by atoms with Gasteiger partial charge in [-0.05, 0) is 56.5 Å². The van der Waals surface area contributed by atoms with E-state index in [1.807, 2.05) is 48.0 Å². The van der Waals surface area contributed by atoms with E-state index in [0.29, 0.717) is 18.1 Å². The van der Waals surface area contributed by atoms with Gasteiger partial charge >= 0.3 is 0 Å². The minimum atomic E-state index is -0.0376. The van der Waals surface area contributed by atoms with Crippen LogP contribution in [0, 0.1) is 19.8 Å². The quantitative estimate of drug-likeness (QED) is 0.422. The maximum Gasteiger partial charge on any atom is 0.225 e. The van der Waals surface area contributed by atoms with Crippen LogP contribution in [0.15, 0.2) is 48.5 Å². The van der Waals surface area contributed by atoms with Crippen molar-refractivity contribution in [2.75, 3.05) is 18.0 Å². The summed E-state index contributed by atoms with van der Waals surface area (Å²) in [6, 6.07) is 15.9. The van der Waals surface area contributed by atoms with E-state index in [0.717, 1.165) is 51.8 Å². The van der Waals surface area contributed by atoms with Crippen molar-refractivity contribution in [1.29, 1.82) is 0 Å². The van der Waals surface area contributed by atoms with Crippen LogP contribution in [0.2, 0.25) is 5.02 Å². The second kappa shape index (κ2) is 9.15. The summed E-state index contributed by atoms with van der Waals surface area (Å²) in [5.41, 5.74) is 5.06. The molecule has 0 unspecified atom stereocenters. The van der Waals surface area contributed by atoms with Crippen molar-refractivity contribution >= 4 is 44.3 Å². The Hall–Kier alpha value is -2.90. The minimum absolute atomic E-state index is 0.0376. The number of nitrogens with zero attached hydrogens (tertiary/aromatic N) is 4. The molecule has 1 aliphatic rings. The van der Waals surface area contributed by atoms with Crippen molar-refractivity contribution < 1.29 is 4.79 Å². The lowest BCUT2D eigenvalue weighted by molar-refractivity contribution is -0.125. The second-order valence-corrected chi connectivity index (χ2v) is 10.0. The number of hydrogen-bond acceptors (Lipinski definition) is 5. The highest BCUT2D eigenvalue weighted by Crippen LogP contribution is 2.34. The lowest BCUT2D eigenvalue weighted by Crippen LogP contribution is -2.43. The molecular weight excluding hydrogens is 454 g/mol. The van der Waals surface area contributed by atoms with Gasteiger partial charge in [-0.3, -0.25) is 4.79 Å². The number of halogens is 1. The van der Waals surface area contributed by atoms with Gasteiger partial charge in [-0.15, -0.1) is 0 Å². The van der Waals surface area contributed by atoms with Crippen LogP contribution in [0.5, 0.6) is 0 Å². The van der Waals surface area contributed by atoms with Gasteiger partial charge in [0.15, 0.2) is 10.8 Å². The fourth-order valence-corrected chi connectivity index (χ4v) is 5.49. The first-order chi connectivity index (χ1) is 16.0. The average molecular weight is 480 g/mol. The number of nitrogens with one attached hydrogen (secondary N) is 1. The largest absolute Gasteiger partial charge is 0.352 e. The summed E-state index contributed by atoms with van der Waals surface area (Å²) >= 11 is 7.70. The van der Waals surface area contributed by atoms with Gasteiger partial charge in [0, 0.05) is 24.7 Å². The second-order valence-electron chi connectivity index (χ2n) is 8.61. The lowest BCUT2D eigenvalue weighted by Gasteiger charge is -2.31. The monoisotopic (exact) mass is 479 g/mol. The van der Waals surface area contributed by atoms with Crippen LogP contribution in [0.25, 0.3) is 16.0 Å². The van der Waals surface area contributed by atoms with E-state index in [1.165, 1.54) is 5.56 Å². The van der Waals surface area contributed by atoms with Crippen LogP contribution in [0.4, 0.5) is 5.13 Å². The summed E-state index contributed by atoms with van der Waals surface area (Å²) in [4.78, 5) is 20.1. The van der Waals surface area contributed by atoms with E-state index in [9.17, 15) is 4.79 Å². The molecule has 3 heterocycles. The van der Waals surface area contributed by atoms with Crippen molar-refractivity contribution in [2.24, 2.45) is 5.92 Å². The number of anilines is 1. The zero-order valence-electron chi connectivity index (χ0n) is 18.7. The molecule has 0 aliphatic carbocycles. The van der Waals surface area contributed by atoms with E-state index in [-0.39, 0.29) is 11.8 Å². The topological polar surface area (TPSA) is 63.1 Å². The molecule has 1 amide bonds. The summed E-state index contributed by atoms with van der Waals surface area (Å²) in [5.74, 6) is 0.0790. The van der Waals surface area contributed by atoms with Gasteiger partial charge < -0.3 is 10.2 Å². The van der Waals surface area contributed by atoms with Gasteiger partial charge in [-0.1, -0.05) is 52.8 Å². The summed E-state index contributed by atoms with van der Waals surface area (Å²) < 4.78 is 2.95. The highest BCUT2D eigenvalue weighted by Gasteiger charge is 2.28. The summed E-state index contributed by atoms with van der Waals surface area (Å²) in [7, 11) is 0. The van der Waals surface area contributed by atoms with Gasteiger partial charge in [-0.25, -0.2) is 4.68 Å². The van der Waals surface area contributed by atoms with Crippen LogP contribution in [0.1, 0.15) is 29.7 Å². The standard InChI is InChI=1S/C25H26ClN5OS/c1-16-5-3-6-18(13-16)14-27-24(32)19-7-4-12-30(15-19)25-28-23-22(33-25)17(2)29-31(23)21-10-8-20(26)9-11-21/h3,5-6,8-11,13,19H,4,7,12,14-15H2,1-2H3,(H,27,32)/t19-/m0/s1. The molecule has 170 valence electrons. The third-order valence-corrected chi connectivity index (χ3v) is 7.53. The maximum absolute atomic E-state index is 12.9. The van der Waals surface area contributed by atoms with E-state index < -0.39 is 0 Å². The fourth-order valence-electron chi connectivity index (χ4n) is 4.34. The van der Waals surface area contributed by atoms with Crippen molar-refractivity contribution in [3.63, 3.8) is 0 Å². The Morgan fingerprint density at radius 1 is 1.21 bits per heavy atom. The molecule has 0 saturated carbocycles. The molecule has 2 aromatic carbocycles. The third kappa shape index (κ3) is 4.61. The Kier molecular flexibility index (Phi) is 6.08. The van der Waals surface area contributed by atoms with Crippen molar-refractivity contribution in [2.45, 2.75) is 33.2 Å². The molecule has 6 nitrogen and oxygen atoms in total.